The second-order valence-electron chi connectivity index (χ2n) is 5.24. The van der Waals surface area contributed by atoms with Crippen molar-refractivity contribution < 1.29 is 15.0 Å². The minimum absolute atomic E-state index is 0.103. The van der Waals surface area contributed by atoms with Crippen LogP contribution in [-0.2, 0) is 11.8 Å². The van der Waals surface area contributed by atoms with E-state index in [4.69, 9.17) is 0 Å². The largest absolute Gasteiger partial charge is 0.493 e. The first-order valence-electron chi connectivity index (χ1n) is 7.14. The molecular formula is C17H14BrN3O3. The molecule has 0 aliphatic rings. The van der Waals surface area contributed by atoms with Crippen molar-refractivity contribution >= 4 is 38.4 Å². The van der Waals surface area contributed by atoms with E-state index >= 15 is 0 Å². The molecule has 0 bridgehead atoms. The fourth-order valence-electron chi connectivity index (χ4n) is 2.41. The zero-order valence-electron chi connectivity index (χ0n) is 12.7. The average Bonchev–Trinajstić information content (AvgIpc) is 2.83. The molecule has 2 aromatic carbocycles. The van der Waals surface area contributed by atoms with Crippen LogP contribution in [0.4, 0.5) is 5.69 Å². The summed E-state index contributed by atoms with van der Waals surface area (Å²) in [6, 6.07) is 13.9. The van der Waals surface area contributed by atoms with E-state index in [9.17, 15) is 15.0 Å². The van der Waals surface area contributed by atoms with Gasteiger partial charge >= 0.3 is 0 Å². The zero-order valence-corrected chi connectivity index (χ0v) is 14.3. The molecular weight excluding hydrogens is 374 g/mol. The Balaban J connectivity index is 1.95. The lowest BCUT2D eigenvalue weighted by molar-refractivity contribution is -0.126. The van der Waals surface area contributed by atoms with Gasteiger partial charge in [0.05, 0.1) is 5.52 Å². The predicted molar refractivity (Wildman–Crippen MR) is 93.2 cm³/mol. The van der Waals surface area contributed by atoms with Gasteiger partial charge in [-0.05, 0) is 23.8 Å². The van der Waals surface area contributed by atoms with E-state index < -0.39 is 12.0 Å². The Morgan fingerprint density at radius 1 is 1.21 bits per heavy atom. The Hall–Kier alpha value is -2.51. The number of aliphatic hydroxyl groups excluding tert-OH is 1. The summed E-state index contributed by atoms with van der Waals surface area (Å²) in [7, 11) is 1.69. The molecule has 0 radical (unpaired) electrons. The summed E-state index contributed by atoms with van der Waals surface area (Å²) in [6.07, 6.45) is -1.39. The quantitative estimate of drug-likeness (QED) is 0.665. The van der Waals surface area contributed by atoms with Crippen molar-refractivity contribution in [1.82, 2.24) is 4.57 Å². The number of aromatic hydroxyl groups is 1. The molecule has 0 spiro atoms. The first-order valence-corrected chi connectivity index (χ1v) is 7.94. The summed E-state index contributed by atoms with van der Waals surface area (Å²) < 4.78 is 2.36. The normalized spacial score (nSPS) is 12.8. The topological polar surface area (TPSA) is 87.2 Å². The van der Waals surface area contributed by atoms with Crippen LogP contribution in [0.2, 0.25) is 0 Å². The van der Waals surface area contributed by atoms with E-state index in [0.29, 0.717) is 10.9 Å². The molecule has 7 heteroatoms. The van der Waals surface area contributed by atoms with Crippen LogP contribution in [0.1, 0.15) is 11.7 Å². The van der Waals surface area contributed by atoms with Crippen LogP contribution in [-0.4, -0.2) is 20.7 Å². The van der Waals surface area contributed by atoms with Crippen LogP contribution >= 0.6 is 15.9 Å². The van der Waals surface area contributed by atoms with Gasteiger partial charge in [-0.25, -0.2) is 0 Å². The number of aliphatic hydroxyl groups is 1. The number of benzene rings is 2. The van der Waals surface area contributed by atoms with Crippen molar-refractivity contribution in [1.29, 1.82) is 0 Å². The molecule has 2 N–H and O–H groups in total. The van der Waals surface area contributed by atoms with Crippen molar-refractivity contribution in [3.63, 3.8) is 0 Å². The second-order valence-corrected chi connectivity index (χ2v) is 6.16. The van der Waals surface area contributed by atoms with E-state index in [1.165, 1.54) is 0 Å². The fraction of sp³-hybridized carbons (Fsp3) is 0.118. The number of rotatable bonds is 3. The van der Waals surface area contributed by atoms with Crippen LogP contribution in [0, 0.1) is 0 Å². The maximum atomic E-state index is 12.0. The smallest absolute Gasteiger partial charge is 0.297 e. The molecule has 1 amide bonds. The predicted octanol–water partition coefficient (Wildman–Crippen LogP) is 3.99. The maximum absolute atomic E-state index is 12.0. The average molecular weight is 388 g/mol. The molecule has 1 heterocycles. The van der Waals surface area contributed by atoms with Crippen molar-refractivity contribution in [2.45, 2.75) is 6.10 Å². The number of aromatic nitrogens is 1. The minimum Gasteiger partial charge on any atom is -0.493 e. The van der Waals surface area contributed by atoms with E-state index in [1.807, 2.05) is 12.1 Å². The molecule has 0 aliphatic heterocycles. The van der Waals surface area contributed by atoms with Gasteiger partial charge in [0.2, 0.25) is 5.88 Å². The summed E-state index contributed by atoms with van der Waals surface area (Å²) >= 11 is 3.36. The van der Waals surface area contributed by atoms with Crippen molar-refractivity contribution in [3.05, 3.63) is 58.6 Å². The molecule has 1 atom stereocenters. The number of nitrogens with zero attached hydrogens (tertiary/aromatic N) is 3. The molecule has 0 aliphatic carbocycles. The van der Waals surface area contributed by atoms with Gasteiger partial charge in [-0.2, -0.15) is 0 Å². The van der Waals surface area contributed by atoms with Crippen LogP contribution in [0.15, 0.2) is 63.2 Å². The van der Waals surface area contributed by atoms with Crippen molar-refractivity contribution in [2.75, 3.05) is 0 Å². The van der Waals surface area contributed by atoms with E-state index in [-0.39, 0.29) is 11.6 Å². The van der Waals surface area contributed by atoms with Gasteiger partial charge < -0.3 is 14.8 Å². The first kappa shape index (κ1) is 16.4. The standard InChI is InChI=1S/C17H14BrN3O3/c1-21-13-8-7-11(18)9-12(13)14(17(21)24)19-20-16(23)15(22)10-5-3-2-4-6-10/h2-9,15,22,24H,1H3. The van der Waals surface area contributed by atoms with Crippen LogP contribution in [0.3, 0.4) is 0 Å². The first-order chi connectivity index (χ1) is 11.5. The van der Waals surface area contributed by atoms with Gasteiger partial charge in [0.1, 0.15) is 0 Å². The molecule has 0 fully saturated rings. The highest BCUT2D eigenvalue weighted by atomic mass is 79.9. The Morgan fingerprint density at radius 3 is 2.62 bits per heavy atom. The molecule has 24 heavy (non-hydrogen) atoms. The third kappa shape index (κ3) is 2.95. The SMILES string of the molecule is Cn1c(O)c(N=NC(=O)C(O)c2ccccc2)c2cc(Br)ccc21. The lowest BCUT2D eigenvalue weighted by atomic mass is 10.1. The number of aryl methyl sites for hydroxylation is 1. The Kier molecular flexibility index (Phi) is 4.46. The number of hydrogen-bond acceptors (Lipinski definition) is 4. The summed E-state index contributed by atoms with van der Waals surface area (Å²) in [6.45, 7) is 0. The highest BCUT2D eigenvalue weighted by molar-refractivity contribution is 9.10. The van der Waals surface area contributed by atoms with Crippen LogP contribution < -0.4 is 0 Å². The van der Waals surface area contributed by atoms with Crippen molar-refractivity contribution in [2.24, 2.45) is 17.3 Å². The molecule has 6 nitrogen and oxygen atoms in total. The van der Waals surface area contributed by atoms with Gasteiger partial charge in [0.15, 0.2) is 11.8 Å². The Labute approximate surface area is 146 Å². The molecule has 122 valence electrons. The zero-order chi connectivity index (χ0) is 17.3. The maximum Gasteiger partial charge on any atom is 0.297 e. The minimum atomic E-state index is -1.39. The van der Waals surface area contributed by atoms with Gasteiger partial charge in [0, 0.05) is 16.9 Å². The summed E-state index contributed by atoms with van der Waals surface area (Å²) in [5, 5.41) is 28.3. The van der Waals surface area contributed by atoms with Crippen molar-refractivity contribution in [3.8, 4) is 5.88 Å². The third-order valence-electron chi connectivity index (χ3n) is 3.70. The van der Waals surface area contributed by atoms with Gasteiger partial charge in [-0.15, -0.1) is 10.2 Å². The number of fused-ring (bicyclic) bond motifs is 1. The molecule has 0 saturated heterocycles. The Bertz CT molecular complexity index is 935. The van der Waals surface area contributed by atoms with Gasteiger partial charge in [0.25, 0.3) is 5.91 Å². The summed E-state index contributed by atoms with van der Waals surface area (Å²) in [5.74, 6) is -0.901. The lowest BCUT2D eigenvalue weighted by Gasteiger charge is -2.04. The fourth-order valence-corrected chi connectivity index (χ4v) is 2.78. The molecule has 1 unspecified atom stereocenters. The highest BCUT2D eigenvalue weighted by Gasteiger charge is 2.18. The summed E-state index contributed by atoms with van der Waals surface area (Å²) in [5.41, 5.74) is 1.37. The van der Waals surface area contributed by atoms with E-state index in [2.05, 4.69) is 26.2 Å². The monoisotopic (exact) mass is 387 g/mol. The summed E-state index contributed by atoms with van der Waals surface area (Å²) in [4.78, 5) is 12.0. The molecule has 3 rings (SSSR count). The second kappa shape index (κ2) is 6.54. The molecule has 1 aromatic heterocycles. The molecule has 0 saturated carbocycles. The Morgan fingerprint density at radius 2 is 1.92 bits per heavy atom. The number of azo groups is 1. The molecule has 3 aromatic rings. The third-order valence-corrected chi connectivity index (χ3v) is 4.20. The van der Waals surface area contributed by atoms with E-state index in [0.717, 1.165) is 9.99 Å². The lowest BCUT2D eigenvalue weighted by Crippen LogP contribution is -2.08. The number of amides is 1. The number of carbonyl (C=O) groups excluding carboxylic acids is 1. The van der Waals surface area contributed by atoms with Gasteiger partial charge in [-0.3, -0.25) is 4.79 Å². The van der Waals surface area contributed by atoms with Crippen LogP contribution in [0.5, 0.6) is 5.88 Å². The number of carbonyl (C=O) groups is 1. The number of halogens is 1. The van der Waals surface area contributed by atoms with E-state index in [1.54, 1.807) is 48.0 Å². The van der Waals surface area contributed by atoms with Gasteiger partial charge in [-0.1, -0.05) is 46.3 Å². The highest BCUT2D eigenvalue weighted by Crippen LogP contribution is 2.39. The van der Waals surface area contributed by atoms with Crippen LogP contribution in [0.25, 0.3) is 10.9 Å². The number of hydrogen-bond donors (Lipinski definition) is 2.